The largest absolute Gasteiger partial charge is 0.387 e. The fourth-order valence-electron chi connectivity index (χ4n) is 5.19. The Hall–Kier alpha value is -1.59. The Labute approximate surface area is 157 Å². The average Bonchev–Trinajstić information content (AvgIpc) is 3.06. The molecule has 2 N–H and O–H groups in total. The number of hydrogen-bond acceptors (Lipinski definition) is 4. The fourth-order valence-corrected chi connectivity index (χ4v) is 5.44. The minimum atomic E-state index is -0.940. The molecule has 4 rings (SSSR count). The molecule has 2 aromatic rings. The van der Waals surface area contributed by atoms with E-state index in [-0.39, 0.29) is 5.02 Å². The molecule has 0 amide bonds. The highest BCUT2D eigenvalue weighted by Crippen LogP contribution is 2.60. The second-order valence-electron chi connectivity index (χ2n) is 8.47. The van der Waals surface area contributed by atoms with Gasteiger partial charge >= 0.3 is 0 Å². The van der Waals surface area contributed by atoms with Crippen molar-refractivity contribution in [3.63, 3.8) is 0 Å². The molecular weight excluding hydrogens is 355 g/mol. The van der Waals surface area contributed by atoms with Crippen molar-refractivity contribution in [1.82, 2.24) is 5.16 Å². The maximum Gasteiger partial charge on any atom is 0.151 e. The standard InChI is InChI=1S/C20H24ClFN2O2/c1-10-14(11(2)26-24-10)12-9-13-17(15(21)16(12)22)23-18(3,4)20(25)8-6-7-19(13,20)5/h9,23,25H,6-8H2,1-5H3. The molecule has 2 heterocycles. The SMILES string of the molecule is Cc1noc(C)c1-c1cc2c(c(Cl)c1F)NC(C)(C)C1(O)CCCC21C. The summed E-state index contributed by atoms with van der Waals surface area (Å²) in [6.45, 7) is 9.52. The second kappa shape index (κ2) is 5.23. The zero-order chi connectivity index (χ0) is 19.1. The van der Waals surface area contributed by atoms with Crippen LogP contribution in [0.2, 0.25) is 5.02 Å². The van der Waals surface area contributed by atoms with Crippen molar-refractivity contribution in [2.75, 3.05) is 5.32 Å². The van der Waals surface area contributed by atoms with E-state index in [0.717, 1.165) is 18.4 Å². The van der Waals surface area contributed by atoms with Crippen molar-refractivity contribution in [3.05, 3.63) is 33.9 Å². The van der Waals surface area contributed by atoms with E-state index in [1.165, 1.54) is 0 Å². The summed E-state index contributed by atoms with van der Waals surface area (Å²) in [6, 6.07) is 1.82. The minimum Gasteiger partial charge on any atom is -0.387 e. The van der Waals surface area contributed by atoms with Gasteiger partial charge in [0.25, 0.3) is 0 Å². The summed E-state index contributed by atoms with van der Waals surface area (Å²) in [5.74, 6) is 0.0588. The number of benzene rings is 1. The molecule has 0 bridgehead atoms. The van der Waals surface area contributed by atoms with E-state index in [9.17, 15) is 5.11 Å². The van der Waals surface area contributed by atoms with E-state index in [1.807, 2.05) is 19.9 Å². The van der Waals surface area contributed by atoms with Crippen LogP contribution in [0.4, 0.5) is 10.1 Å². The Morgan fingerprint density at radius 1 is 1.27 bits per heavy atom. The molecule has 1 saturated carbocycles. The zero-order valence-corrected chi connectivity index (χ0v) is 16.5. The van der Waals surface area contributed by atoms with Gasteiger partial charge in [0, 0.05) is 11.0 Å². The molecule has 1 aliphatic heterocycles. The summed E-state index contributed by atoms with van der Waals surface area (Å²) >= 11 is 6.49. The van der Waals surface area contributed by atoms with Crippen LogP contribution < -0.4 is 5.32 Å². The average molecular weight is 379 g/mol. The van der Waals surface area contributed by atoms with Gasteiger partial charge in [0.1, 0.15) is 10.8 Å². The first-order valence-electron chi connectivity index (χ1n) is 9.00. The van der Waals surface area contributed by atoms with Crippen molar-refractivity contribution in [3.8, 4) is 11.1 Å². The molecule has 1 aromatic heterocycles. The molecule has 1 fully saturated rings. The highest BCUT2D eigenvalue weighted by Gasteiger charge is 2.63. The van der Waals surface area contributed by atoms with E-state index in [1.54, 1.807) is 13.8 Å². The monoisotopic (exact) mass is 378 g/mol. The van der Waals surface area contributed by atoms with Gasteiger partial charge in [-0.2, -0.15) is 0 Å². The second-order valence-corrected chi connectivity index (χ2v) is 8.85. The maximum atomic E-state index is 15.2. The number of aromatic nitrogens is 1. The van der Waals surface area contributed by atoms with Crippen molar-refractivity contribution in [1.29, 1.82) is 0 Å². The molecule has 2 atom stereocenters. The lowest BCUT2D eigenvalue weighted by Gasteiger charge is -2.55. The van der Waals surface area contributed by atoms with Crippen molar-refractivity contribution < 1.29 is 14.0 Å². The Balaban J connectivity index is 2.05. The predicted molar refractivity (Wildman–Crippen MR) is 100 cm³/mol. The smallest absolute Gasteiger partial charge is 0.151 e. The summed E-state index contributed by atoms with van der Waals surface area (Å²) in [5, 5.41) is 18.9. The molecular formula is C20H24ClFN2O2. The Bertz CT molecular complexity index is 904. The van der Waals surface area contributed by atoms with Crippen LogP contribution in [0.5, 0.6) is 0 Å². The van der Waals surface area contributed by atoms with Crippen LogP contribution in [0, 0.1) is 19.7 Å². The number of anilines is 1. The third kappa shape index (κ3) is 1.96. The first-order chi connectivity index (χ1) is 12.0. The Kier molecular flexibility index (Phi) is 3.58. The Morgan fingerprint density at radius 3 is 2.58 bits per heavy atom. The van der Waals surface area contributed by atoms with Crippen LogP contribution in [0.1, 0.15) is 57.1 Å². The van der Waals surface area contributed by atoms with E-state index in [2.05, 4.69) is 17.4 Å². The first kappa shape index (κ1) is 17.8. The lowest BCUT2D eigenvalue weighted by atomic mass is 9.60. The lowest BCUT2D eigenvalue weighted by molar-refractivity contribution is -0.0628. The quantitative estimate of drug-likeness (QED) is 0.722. The van der Waals surface area contributed by atoms with Gasteiger partial charge in [0.2, 0.25) is 0 Å². The summed E-state index contributed by atoms with van der Waals surface area (Å²) in [5.41, 5.74) is 0.993. The molecule has 0 saturated heterocycles. The van der Waals surface area contributed by atoms with Crippen LogP contribution in [-0.4, -0.2) is 21.4 Å². The van der Waals surface area contributed by atoms with Crippen molar-refractivity contribution in [2.24, 2.45) is 0 Å². The normalized spacial score (nSPS) is 29.2. The lowest BCUT2D eigenvalue weighted by Crippen LogP contribution is -2.66. The van der Waals surface area contributed by atoms with E-state index >= 15 is 4.39 Å². The topological polar surface area (TPSA) is 58.3 Å². The summed E-state index contributed by atoms with van der Waals surface area (Å²) < 4.78 is 20.5. The molecule has 4 nitrogen and oxygen atoms in total. The molecule has 140 valence electrons. The fraction of sp³-hybridized carbons (Fsp3) is 0.550. The van der Waals surface area contributed by atoms with Crippen molar-refractivity contribution in [2.45, 2.75) is 70.4 Å². The number of hydrogen-bond donors (Lipinski definition) is 2. The van der Waals surface area contributed by atoms with E-state index in [4.69, 9.17) is 16.1 Å². The Morgan fingerprint density at radius 2 is 1.96 bits per heavy atom. The molecule has 0 radical (unpaired) electrons. The molecule has 1 aromatic carbocycles. The van der Waals surface area contributed by atoms with Gasteiger partial charge in [-0.05, 0) is 58.6 Å². The van der Waals surface area contributed by atoms with E-state index < -0.39 is 22.4 Å². The van der Waals surface area contributed by atoms with Gasteiger partial charge in [-0.25, -0.2) is 4.39 Å². The molecule has 1 aliphatic carbocycles. The molecule has 0 spiro atoms. The van der Waals surface area contributed by atoms with Crippen molar-refractivity contribution >= 4 is 17.3 Å². The predicted octanol–water partition coefficient (Wildman–Crippen LogP) is 5.13. The highest BCUT2D eigenvalue weighted by molar-refractivity contribution is 6.34. The summed E-state index contributed by atoms with van der Waals surface area (Å²) in [7, 11) is 0. The maximum absolute atomic E-state index is 15.2. The molecule has 6 heteroatoms. The molecule has 2 aliphatic rings. The van der Waals surface area contributed by atoms with Crippen LogP contribution in [0.25, 0.3) is 11.1 Å². The third-order valence-electron chi connectivity index (χ3n) is 6.70. The number of rotatable bonds is 1. The minimum absolute atomic E-state index is 0.0562. The third-order valence-corrected chi connectivity index (χ3v) is 7.06. The first-order valence-corrected chi connectivity index (χ1v) is 9.37. The number of fused-ring (bicyclic) bond motifs is 3. The van der Waals surface area contributed by atoms with Crippen LogP contribution >= 0.6 is 11.6 Å². The van der Waals surface area contributed by atoms with Gasteiger partial charge in [-0.15, -0.1) is 0 Å². The van der Waals surface area contributed by atoms with Gasteiger partial charge in [0.05, 0.1) is 28.1 Å². The summed E-state index contributed by atoms with van der Waals surface area (Å²) in [6.07, 6.45) is 2.43. The van der Waals surface area contributed by atoms with Crippen LogP contribution in [0.3, 0.4) is 0 Å². The van der Waals surface area contributed by atoms with Gasteiger partial charge in [0.15, 0.2) is 5.82 Å². The number of nitrogens with one attached hydrogen (secondary N) is 1. The number of aryl methyl sites for hydroxylation is 2. The van der Waals surface area contributed by atoms with Crippen LogP contribution in [0.15, 0.2) is 10.6 Å². The van der Waals surface area contributed by atoms with Gasteiger partial charge in [-0.3, -0.25) is 0 Å². The number of aliphatic hydroxyl groups is 1. The molecule has 26 heavy (non-hydrogen) atoms. The van der Waals surface area contributed by atoms with Gasteiger partial charge in [-0.1, -0.05) is 23.7 Å². The molecule has 2 unspecified atom stereocenters. The summed E-state index contributed by atoms with van der Waals surface area (Å²) in [4.78, 5) is 0. The number of halogens is 2. The van der Waals surface area contributed by atoms with Gasteiger partial charge < -0.3 is 14.9 Å². The van der Waals surface area contributed by atoms with E-state index in [0.29, 0.717) is 34.7 Å². The number of nitrogens with zero attached hydrogens (tertiary/aromatic N) is 1. The highest BCUT2D eigenvalue weighted by atomic mass is 35.5. The van der Waals surface area contributed by atoms with Crippen LogP contribution in [-0.2, 0) is 5.41 Å². The zero-order valence-electron chi connectivity index (χ0n) is 15.8.